The van der Waals surface area contributed by atoms with Gasteiger partial charge >= 0.3 is 5.97 Å². The molecule has 14 heavy (non-hydrogen) atoms. The number of rotatable bonds is 7. The van der Waals surface area contributed by atoms with Crippen molar-refractivity contribution in [1.29, 1.82) is 0 Å². The third-order valence-corrected chi connectivity index (χ3v) is 1.81. The van der Waals surface area contributed by atoms with Crippen molar-refractivity contribution in [2.45, 2.75) is 44.9 Å². The topological polar surface area (TPSA) is 89.8 Å². The SMILES string of the molecule is CC(O)CC(C)NCC(O)CC(=O)O. The number of hydrogen-bond acceptors (Lipinski definition) is 4. The standard InChI is InChI=1S/C9H19NO4/c1-6(3-7(2)11)10-5-8(12)4-9(13)14/h6-8,10-12H,3-5H2,1-2H3,(H,13,14). The first-order chi connectivity index (χ1) is 6.41. The summed E-state index contributed by atoms with van der Waals surface area (Å²) < 4.78 is 0. The molecule has 0 aliphatic carbocycles. The lowest BCUT2D eigenvalue weighted by molar-refractivity contribution is -0.139. The Morgan fingerprint density at radius 3 is 2.36 bits per heavy atom. The molecule has 0 aromatic heterocycles. The fourth-order valence-electron chi connectivity index (χ4n) is 1.21. The molecule has 0 spiro atoms. The van der Waals surface area contributed by atoms with E-state index in [1.807, 2.05) is 6.92 Å². The molecule has 4 N–H and O–H groups in total. The molecule has 0 aromatic rings. The number of carboxylic acids is 1. The Bertz CT molecular complexity index is 172. The molecule has 0 radical (unpaired) electrons. The first-order valence-corrected chi connectivity index (χ1v) is 4.73. The summed E-state index contributed by atoms with van der Waals surface area (Å²) in [6.07, 6.45) is -0.938. The van der Waals surface area contributed by atoms with Crippen molar-refractivity contribution in [3.8, 4) is 0 Å². The Hall–Kier alpha value is -0.650. The highest BCUT2D eigenvalue weighted by Crippen LogP contribution is 1.97. The van der Waals surface area contributed by atoms with Gasteiger partial charge in [0.15, 0.2) is 0 Å². The Balaban J connectivity index is 3.55. The zero-order chi connectivity index (χ0) is 11.1. The number of aliphatic hydroxyl groups excluding tert-OH is 2. The average Bonchev–Trinajstić information content (AvgIpc) is 1.98. The number of carboxylic acid groups (broad SMARTS) is 1. The lowest BCUT2D eigenvalue weighted by Crippen LogP contribution is -2.36. The van der Waals surface area contributed by atoms with E-state index in [0.29, 0.717) is 6.42 Å². The zero-order valence-electron chi connectivity index (χ0n) is 8.60. The molecule has 0 aliphatic rings. The van der Waals surface area contributed by atoms with Crippen molar-refractivity contribution in [2.24, 2.45) is 0 Å². The van der Waals surface area contributed by atoms with Crippen molar-refractivity contribution in [3.05, 3.63) is 0 Å². The summed E-state index contributed by atoms with van der Waals surface area (Å²) in [5, 5.41) is 29.5. The predicted octanol–water partition coefficient (Wildman–Crippen LogP) is -0.429. The van der Waals surface area contributed by atoms with Crippen LogP contribution in [0.15, 0.2) is 0 Å². The van der Waals surface area contributed by atoms with Crippen LogP contribution < -0.4 is 5.32 Å². The van der Waals surface area contributed by atoms with Gasteiger partial charge in [0.25, 0.3) is 0 Å². The first kappa shape index (κ1) is 13.4. The smallest absolute Gasteiger partial charge is 0.306 e. The second-order valence-corrected chi connectivity index (χ2v) is 3.65. The lowest BCUT2D eigenvalue weighted by Gasteiger charge is -2.17. The van der Waals surface area contributed by atoms with E-state index in [1.54, 1.807) is 6.92 Å². The van der Waals surface area contributed by atoms with Crippen LogP contribution in [0.1, 0.15) is 26.7 Å². The van der Waals surface area contributed by atoms with Crippen LogP contribution in [0.2, 0.25) is 0 Å². The molecule has 0 bridgehead atoms. The zero-order valence-corrected chi connectivity index (χ0v) is 8.60. The Morgan fingerprint density at radius 2 is 1.93 bits per heavy atom. The van der Waals surface area contributed by atoms with Crippen LogP contribution in [0.5, 0.6) is 0 Å². The third-order valence-electron chi connectivity index (χ3n) is 1.81. The number of aliphatic carboxylic acids is 1. The molecular formula is C9H19NO4. The van der Waals surface area contributed by atoms with Gasteiger partial charge in [-0.3, -0.25) is 4.79 Å². The molecule has 0 amide bonds. The average molecular weight is 205 g/mol. The molecule has 0 saturated carbocycles. The molecule has 0 heterocycles. The van der Waals surface area contributed by atoms with Crippen LogP contribution in [0.3, 0.4) is 0 Å². The van der Waals surface area contributed by atoms with Crippen molar-refractivity contribution < 1.29 is 20.1 Å². The second-order valence-electron chi connectivity index (χ2n) is 3.65. The highest BCUT2D eigenvalue weighted by atomic mass is 16.4. The molecule has 3 unspecified atom stereocenters. The van der Waals surface area contributed by atoms with Gasteiger partial charge in [0.2, 0.25) is 0 Å². The van der Waals surface area contributed by atoms with Crippen LogP contribution in [-0.4, -0.2) is 46.1 Å². The number of nitrogens with one attached hydrogen (secondary N) is 1. The summed E-state index contributed by atoms with van der Waals surface area (Å²) >= 11 is 0. The van der Waals surface area contributed by atoms with Gasteiger partial charge in [-0.05, 0) is 20.3 Å². The monoisotopic (exact) mass is 205 g/mol. The van der Waals surface area contributed by atoms with Gasteiger partial charge in [-0.1, -0.05) is 0 Å². The first-order valence-electron chi connectivity index (χ1n) is 4.73. The molecule has 5 heteroatoms. The molecule has 0 aromatic carbocycles. The molecule has 0 fully saturated rings. The molecule has 0 aliphatic heterocycles. The molecule has 84 valence electrons. The fourth-order valence-corrected chi connectivity index (χ4v) is 1.21. The minimum Gasteiger partial charge on any atom is -0.481 e. The second kappa shape index (κ2) is 6.75. The molecule has 3 atom stereocenters. The summed E-state index contributed by atoms with van der Waals surface area (Å²) in [5.41, 5.74) is 0. The maximum absolute atomic E-state index is 10.2. The maximum Gasteiger partial charge on any atom is 0.306 e. The van der Waals surface area contributed by atoms with Gasteiger partial charge in [-0.15, -0.1) is 0 Å². The van der Waals surface area contributed by atoms with E-state index in [0.717, 1.165) is 0 Å². The van der Waals surface area contributed by atoms with E-state index in [9.17, 15) is 9.90 Å². The summed E-state index contributed by atoms with van der Waals surface area (Å²) in [5.74, 6) is -1.01. The third kappa shape index (κ3) is 7.97. The normalized spacial score (nSPS) is 17.4. The highest BCUT2D eigenvalue weighted by Gasteiger charge is 2.11. The largest absolute Gasteiger partial charge is 0.481 e. The Labute approximate surface area is 83.8 Å². The number of carbonyl (C=O) groups is 1. The molecule has 0 saturated heterocycles. The lowest BCUT2D eigenvalue weighted by atomic mass is 10.1. The van der Waals surface area contributed by atoms with E-state index in [4.69, 9.17) is 10.2 Å². The van der Waals surface area contributed by atoms with Gasteiger partial charge in [0.1, 0.15) is 0 Å². The van der Waals surface area contributed by atoms with Crippen LogP contribution >= 0.6 is 0 Å². The van der Waals surface area contributed by atoms with Crippen LogP contribution in [-0.2, 0) is 4.79 Å². The van der Waals surface area contributed by atoms with E-state index in [2.05, 4.69) is 5.32 Å². The van der Waals surface area contributed by atoms with Crippen molar-refractivity contribution >= 4 is 5.97 Å². The van der Waals surface area contributed by atoms with Gasteiger partial charge in [-0.2, -0.15) is 0 Å². The van der Waals surface area contributed by atoms with Crippen LogP contribution in [0.25, 0.3) is 0 Å². The Morgan fingerprint density at radius 1 is 1.36 bits per heavy atom. The Kier molecular flexibility index (Phi) is 6.44. The predicted molar refractivity (Wildman–Crippen MR) is 52.0 cm³/mol. The summed E-state index contributed by atoms with van der Waals surface area (Å²) in [4.78, 5) is 10.2. The summed E-state index contributed by atoms with van der Waals surface area (Å²) in [6.45, 7) is 3.80. The molecular weight excluding hydrogens is 186 g/mol. The molecule has 0 rings (SSSR count). The highest BCUT2D eigenvalue weighted by molar-refractivity contribution is 5.67. The number of hydrogen-bond donors (Lipinski definition) is 4. The van der Waals surface area contributed by atoms with Gasteiger partial charge in [-0.25, -0.2) is 0 Å². The van der Waals surface area contributed by atoms with Crippen LogP contribution in [0.4, 0.5) is 0 Å². The van der Waals surface area contributed by atoms with Crippen molar-refractivity contribution in [2.75, 3.05) is 6.54 Å². The van der Waals surface area contributed by atoms with Crippen LogP contribution in [0, 0.1) is 0 Å². The summed E-state index contributed by atoms with van der Waals surface area (Å²) in [7, 11) is 0. The maximum atomic E-state index is 10.2. The van der Waals surface area contributed by atoms with E-state index >= 15 is 0 Å². The van der Waals surface area contributed by atoms with E-state index < -0.39 is 18.2 Å². The summed E-state index contributed by atoms with van der Waals surface area (Å²) in [6, 6.07) is 0.0680. The van der Waals surface area contributed by atoms with E-state index in [-0.39, 0.29) is 19.0 Å². The fraction of sp³-hybridized carbons (Fsp3) is 0.889. The molecule has 5 nitrogen and oxygen atoms in total. The van der Waals surface area contributed by atoms with E-state index in [1.165, 1.54) is 0 Å². The minimum absolute atomic E-state index is 0.0680. The van der Waals surface area contributed by atoms with Crippen molar-refractivity contribution in [1.82, 2.24) is 5.32 Å². The quantitative estimate of drug-likeness (QED) is 0.453. The van der Waals surface area contributed by atoms with Gasteiger partial charge < -0.3 is 20.6 Å². The number of aliphatic hydroxyl groups is 2. The van der Waals surface area contributed by atoms with Crippen molar-refractivity contribution in [3.63, 3.8) is 0 Å². The van der Waals surface area contributed by atoms with Gasteiger partial charge in [0, 0.05) is 12.6 Å². The minimum atomic E-state index is -1.01. The van der Waals surface area contributed by atoms with Gasteiger partial charge in [0.05, 0.1) is 18.6 Å².